The molecule has 0 fully saturated rings. The number of phenols is 3. The molecule has 3 aromatic carbocycles. The van der Waals surface area contributed by atoms with Crippen LogP contribution in [0.1, 0.15) is 69.6 Å². The Hall–Kier alpha value is -6.31. The first-order valence-electron chi connectivity index (χ1n) is 17.9. The number of aromatic nitrogens is 3. The average molecular weight is 801 g/mol. The summed E-state index contributed by atoms with van der Waals surface area (Å²) in [7, 11) is 0. The van der Waals surface area contributed by atoms with Gasteiger partial charge in [0.2, 0.25) is 0 Å². The third-order valence-electron chi connectivity index (χ3n) is 9.78. The third kappa shape index (κ3) is 8.96. The molecule has 56 heavy (non-hydrogen) atoms. The van der Waals surface area contributed by atoms with E-state index in [0.29, 0.717) is 32.7 Å². The minimum atomic E-state index is -1.29. The molecule has 3 heterocycles. The molecule has 0 saturated heterocycles. The Morgan fingerprint density at radius 2 is 0.804 bits per heavy atom. The van der Waals surface area contributed by atoms with Crippen molar-refractivity contribution in [1.82, 2.24) is 30.9 Å². The first-order valence-corrected chi connectivity index (χ1v) is 17.9. The summed E-state index contributed by atoms with van der Waals surface area (Å²) in [5.74, 6) is -3.41. The first-order chi connectivity index (χ1) is 26.6. The summed E-state index contributed by atoms with van der Waals surface area (Å²) in [6.45, 7) is 0.350. The molecule has 6 aromatic rings. The van der Waals surface area contributed by atoms with Gasteiger partial charge in [0.1, 0.15) is 16.6 Å². The first kappa shape index (κ1) is 40.9. The van der Waals surface area contributed by atoms with Crippen LogP contribution in [0.2, 0.25) is 0 Å². The van der Waals surface area contributed by atoms with Gasteiger partial charge in [0.25, 0.3) is 17.7 Å². The monoisotopic (exact) mass is 800 g/mol. The van der Waals surface area contributed by atoms with Crippen LogP contribution in [0.5, 0.6) is 17.2 Å². The number of nitrogens with zero attached hydrogens (tertiary/aromatic N) is 3. The fourth-order valence-corrected chi connectivity index (χ4v) is 6.81. The molecule has 3 amide bonds. The zero-order valence-corrected chi connectivity index (χ0v) is 31.2. The molecule has 15 heteroatoms. The van der Waals surface area contributed by atoms with Crippen LogP contribution in [-0.2, 0) is 21.9 Å². The third-order valence-corrected chi connectivity index (χ3v) is 9.78. The second kappa shape index (κ2) is 18.3. The van der Waals surface area contributed by atoms with E-state index in [-0.39, 0.29) is 109 Å². The van der Waals surface area contributed by atoms with E-state index in [4.69, 9.17) is 0 Å². The van der Waals surface area contributed by atoms with E-state index in [2.05, 4.69) is 30.9 Å². The van der Waals surface area contributed by atoms with Crippen molar-refractivity contribution in [2.45, 2.75) is 38.5 Å². The van der Waals surface area contributed by atoms with Crippen molar-refractivity contribution in [2.75, 3.05) is 19.6 Å². The summed E-state index contributed by atoms with van der Waals surface area (Å²) in [5.41, 5.74) is -0.285. The van der Waals surface area contributed by atoms with Gasteiger partial charge in [-0.2, -0.15) is 0 Å². The molecule has 14 nitrogen and oxygen atoms in total. The van der Waals surface area contributed by atoms with Gasteiger partial charge in [-0.3, -0.25) is 34.1 Å². The number of benzene rings is 3. The van der Waals surface area contributed by atoms with Crippen molar-refractivity contribution >= 4 is 56.4 Å². The topological polar surface area (TPSA) is 224 Å². The van der Waals surface area contributed by atoms with E-state index in [1.165, 1.54) is 36.8 Å². The molecule has 0 saturated carbocycles. The van der Waals surface area contributed by atoms with E-state index in [9.17, 15) is 39.6 Å². The Morgan fingerprint density at radius 3 is 1.09 bits per heavy atom. The summed E-state index contributed by atoms with van der Waals surface area (Å²) in [6.07, 6.45) is 5.85. The number of amides is 3. The number of carboxylic acids is 1. The van der Waals surface area contributed by atoms with Gasteiger partial charge in [0.15, 0.2) is 17.2 Å². The molecule has 1 radical (unpaired) electrons. The standard InChI is InChI=1S/C41H40N6O8.Fe/c48-34-28(13-10-25-7-1-19-42-31(25)34)37(51)45-22-4-16-41(40(54)55,17-5-23-46-38(52)29-14-11-26-8-2-20-43-32(26)35(29)49)18-6-24-47-39(53)30-15-12-27-9-3-21-44-33(27)36(30)50;/h1-3,7-15,19-21,48-50H,4-6,16-18,22-24H2,(H,45,51)(H,46,52)(H,47,53)(H,54,55);/q;+3. The molecule has 0 aliphatic carbocycles. The number of hydrogen-bond acceptors (Lipinski definition) is 10. The van der Waals surface area contributed by atoms with Crippen LogP contribution in [0.4, 0.5) is 0 Å². The van der Waals surface area contributed by atoms with Crippen LogP contribution in [-0.4, -0.2) is 78.7 Å². The minimum Gasteiger partial charge on any atom is -0.505 e. The van der Waals surface area contributed by atoms with Gasteiger partial charge in [-0.05, 0) is 74.9 Å². The second-order valence-electron chi connectivity index (χ2n) is 13.3. The molecule has 3 aromatic heterocycles. The summed E-state index contributed by atoms with van der Waals surface area (Å²) in [5, 5.41) is 52.9. The molecule has 0 unspecified atom stereocenters. The number of carbonyl (C=O) groups excluding carboxylic acids is 3. The number of phenolic OH excluding ortho intramolecular Hbond substituents is 3. The maximum atomic E-state index is 13.0. The number of fused-ring (bicyclic) bond motifs is 3. The van der Waals surface area contributed by atoms with E-state index in [1.54, 1.807) is 54.6 Å². The van der Waals surface area contributed by atoms with Gasteiger partial charge >= 0.3 is 23.0 Å². The number of aliphatic carboxylic acids is 1. The van der Waals surface area contributed by atoms with E-state index < -0.39 is 29.1 Å². The Bertz CT molecular complexity index is 2160. The smallest absolute Gasteiger partial charge is 0.505 e. The molecule has 0 bridgehead atoms. The summed E-state index contributed by atoms with van der Waals surface area (Å²) in [4.78, 5) is 64.5. The number of nitrogens with one attached hydrogen (secondary N) is 3. The zero-order valence-electron chi connectivity index (χ0n) is 30.1. The molecule has 6 rings (SSSR count). The number of hydrogen-bond donors (Lipinski definition) is 7. The predicted molar refractivity (Wildman–Crippen MR) is 205 cm³/mol. The van der Waals surface area contributed by atoms with Gasteiger partial charge in [0.05, 0.1) is 22.1 Å². The van der Waals surface area contributed by atoms with Crippen molar-refractivity contribution in [3.05, 3.63) is 108 Å². The SMILES string of the molecule is O=C(NCCCC(CCCNC(=O)c1ccc2cccnc2c1O)(CCCNC(=O)c1ccc2cccnc2c1O)C(=O)O)c1ccc2cccnc2c1O.[Fe+3]. The van der Waals surface area contributed by atoms with Crippen LogP contribution in [0.15, 0.2) is 91.4 Å². The summed E-state index contributed by atoms with van der Waals surface area (Å²) < 4.78 is 0. The van der Waals surface area contributed by atoms with Gasteiger partial charge in [-0.15, -0.1) is 0 Å². The number of carboxylic acid groups (broad SMARTS) is 1. The van der Waals surface area contributed by atoms with Crippen LogP contribution in [0.25, 0.3) is 32.7 Å². The largest absolute Gasteiger partial charge is 3.00 e. The van der Waals surface area contributed by atoms with Crippen molar-refractivity contribution in [3.63, 3.8) is 0 Å². The van der Waals surface area contributed by atoms with Crippen molar-refractivity contribution in [2.24, 2.45) is 5.41 Å². The number of pyridine rings is 3. The normalized spacial score (nSPS) is 11.2. The summed E-state index contributed by atoms with van der Waals surface area (Å²) >= 11 is 0. The summed E-state index contributed by atoms with van der Waals surface area (Å²) in [6, 6.07) is 20.0. The molecule has 0 aliphatic heterocycles. The predicted octanol–water partition coefficient (Wildman–Crippen LogP) is 5.45. The number of rotatable bonds is 16. The number of carbonyl (C=O) groups is 4. The minimum absolute atomic E-state index is 0. The van der Waals surface area contributed by atoms with Crippen molar-refractivity contribution in [1.29, 1.82) is 0 Å². The van der Waals surface area contributed by atoms with Crippen LogP contribution in [0, 0.1) is 5.41 Å². The Kier molecular flexibility index (Phi) is 13.4. The fourth-order valence-electron chi connectivity index (χ4n) is 6.81. The molecular weight excluding hydrogens is 760 g/mol. The van der Waals surface area contributed by atoms with Gasteiger partial charge in [-0.25, -0.2) is 0 Å². The van der Waals surface area contributed by atoms with Crippen molar-refractivity contribution < 1.29 is 56.7 Å². The van der Waals surface area contributed by atoms with E-state index >= 15 is 0 Å². The molecule has 0 spiro atoms. The van der Waals surface area contributed by atoms with Crippen molar-refractivity contribution in [3.8, 4) is 17.2 Å². The molecular formula is C41H40FeN6O8+3. The average Bonchev–Trinajstić information content (AvgIpc) is 3.19. The van der Waals surface area contributed by atoms with Crippen LogP contribution >= 0.6 is 0 Å². The molecule has 0 aliphatic rings. The van der Waals surface area contributed by atoms with Gasteiger partial charge in [0, 0.05) is 54.4 Å². The van der Waals surface area contributed by atoms with Gasteiger partial charge < -0.3 is 36.4 Å². The quantitative estimate of drug-likeness (QED) is 0.0482. The maximum Gasteiger partial charge on any atom is 3.00 e. The molecule has 0 atom stereocenters. The molecule has 7 N–H and O–H groups in total. The Morgan fingerprint density at radius 1 is 0.500 bits per heavy atom. The van der Waals surface area contributed by atoms with Crippen LogP contribution < -0.4 is 16.0 Å². The second-order valence-corrected chi connectivity index (χ2v) is 13.3. The Balaban J connectivity index is 0.00000600. The van der Waals surface area contributed by atoms with E-state index in [1.807, 2.05) is 0 Å². The number of aromatic hydroxyl groups is 3. The zero-order chi connectivity index (χ0) is 39.0. The fraction of sp³-hybridized carbons (Fsp3) is 0.244. The Labute approximate surface area is 331 Å². The molecule has 287 valence electrons. The van der Waals surface area contributed by atoms with E-state index in [0.717, 1.165) is 0 Å². The maximum absolute atomic E-state index is 13.0. The van der Waals surface area contributed by atoms with Crippen LogP contribution in [0.3, 0.4) is 0 Å². The van der Waals surface area contributed by atoms with Gasteiger partial charge in [-0.1, -0.05) is 36.4 Å².